The van der Waals surface area contributed by atoms with Crippen LogP contribution in [0.4, 0.5) is 5.69 Å². The number of anilines is 1. The Kier molecular flexibility index (Phi) is 8.66. The van der Waals surface area contributed by atoms with Crippen LogP contribution in [-0.2, 0) is 32.4 Å². The first-order valence-electron chi connectivity index (χ1n) is 13.8. The molecule has 1 aromatic heterocycles. The van der Waals surface area contributed by atoms with Crippen molar-refractivity contribution in [3.05, 3.63) is 64.8 Å². The van der Waals surface area contributed by atoms with Crippen LogP contribution in [0.15, 0.2) is 47.4 Å². The van der Waals surface area contributed by atoms with Crippen LogP contribution in [-0.4, -0.2) is 49.3 Å². The second kappa shape index (κ2) is 11.7. The summed E-state index contributed by atoms with van der Waals surface area (Å²) in [7, 11) is -3.69. The Hall–Kier alpha value is -3.30. The van der Waals surface area contributed by atoms with Gasteiger partial charge in [0.15, 0.2) is 6.61 Å². The predicted octanol–water partition coefficient (Wildman–Crippen LogP) is 5.52. The van der Waals surface area contributed by atoms with Gasteiger partial charge in [0.2, 0.25) is 10.0 Å². The number of carbonyl (C=O) groups excluding carboxylic acids is 2. The molecular formula is C31H39N3O5S. The van der Waals surface area contributed by atoms with Crippen LogP contribution in [0.5, 0.6) is 0 Å². The first-order chi connectivity index (χ1) is 18.9. The van der Waals surface area contributed by atoms with Gasteiger partial charge in [0, 0.05) is 29.9 Å². The number of para-hydroxylation sites is 1. The molecule has 3 aromatic rings. The maximum Gasteiger partial charge on any atom is 0.339 e. The fourth-order valence-corrected chi connectivity index (χ4v) is 6.84. The Morgan fingerprint density at radius 1 is 1.10 bits per heavy atom. The van der Waals surface area contributed by atoms with Gasteiger partial charge < -0.3 is 10.1 Å². The predicted molar refractivity (Wildman–Crippen MR) is 157 cm³/mol. The Labute approximate surface area is 237 Å². The normalized spacial score (nSPS) is 15.6. The first-order valence-corrected chi connectivity index (χ1v) is 15.3. The van der Waals surface area contributed by atoms with Crippen molar-refractivity contribution in [2.75, 3.05) is 25.0 Å². The molecule has 0 aliphatic heterocycles. The number of aromatic nitrogens is 1. The van der Waals surface area contributed by atoms with Gasteiger partial charge in [-0.2, -0.15) is 4.31 Å². The van der Waals surface area contributed by atoms with Crippen LogP contribution in [0, 0.1) is 18.3 Å². The molecule has 0 spiro atoms. The topological polar surface area (TPSA) is 106 Å². The summed E-state index contributed by atoms with van der Waals surface area (Å²) < 4.78 is 32.8. The highest BCUT2D eigenvalue weighted by Gasteiger charge is 2.33. The molecule has 0 unspecified atom stereocenters. The van der Waals surface area contributed by atoms with Gasteiger partial charge in [-0.05, 0) is 66.8 Å². The number of benzene rings is 2. The summed E-state index contributed by atoms with van der Waals surface area (Å²) in [4.78, 5) is 31.3. The Bertz CT molecular complexity index is 1540. The molecule has 1 aliphatic carbocycles. The monoisotopic (exact) mass is 565 g/mol. The van der Waals surface area contributed by atoms with E-state index < -0.39 is 28.5 Å². The van der Waals surface area contributed by atoms with Gasteiger partial charge in [-0.15, -0.1) is 0 Å². The van der Waals surface area contributed by atoms with Crippen molar-refractivity contribution in [1.82, 2.24) is 9.29 Å². The lowest BCUT2D eigenvalue weighted by molar-refractivity contribution is -0.119. The van der Waals surface area contributed by atoms with Crippen LogP contribution >= 0.6 is 0 Å². The van der Waals surface area contributed by atoms with Crippen molar-refractivity contribution in [3.63, 3.8) is 0 Å². The lowest BCUT2D eigenvalue weighted by Gasteiger charge is -2.35. The maximum atomic E-state index is 13.5. The van der Waals surface area contributed by atoms with Crippen molar-refractivity contribution in [2.24, 2.45) is 11.3 Å². The summed E-state index contributed by atoms with van der Waals surface area (Å²) in [5.41, 5.74) is 4.15. The zero-order chi connectivity index (χ0) is 29.2. The minimum absolute atomic E-state index is 0.0789. The third kappa shape index (κ3) is 6.05. The van der Waals surface area contributed by atoms with Crippen molar-refractivity contribution >= 4 is 38.5 Å². The van der Waals surface area contributed by atoms with Crippen molar-refractivity contribution < 1.29 is 22.7 Å². The highest BCUT2D eigenvalue weighted by atomic mass is 32.2. The molecule has 0 fully saturated rings. The highest BCUT2D eigenvalue weighted by Crippen LogP contribution is 2.39. The first kappa shape index (κ1) is 29.7. The smallest absolute Gasteiger partial charge is 0.339 e. The summed E-state index contributed by atoms with van der Waals surface area (Å²) in [6.45, 7) is 12.1. The molecular weight excluding hydrogens is 526 g/mol. The van der Waals surface area contributed by atoms with E-state index in [9.17, 15) is 18.0 Å². The number of nitrogens with zero attached hydrogens (tertiary/aromatic N) is 2. The highest BCUT2D eigenvalue weighted by molar-refractivity contribution is 7.89. The van der Waals surface area contributed by atoms with Gasteiger partial charge >= 0.3 is 5.97 Å². The second-order valence-electron chi connectivity index (χ2n) is 11.4. The van der Waals surface area contributed by atoms with Crippen molar-refractivity contribution in [2.45, 2.75) is 65.7 Å². The van der Waals surface area contributed by atoms with Crippen LogP contribution in [0.2, 0.25) is 0 Å². The molecule has 1 heterocycles. The van der Waals surface area contributed by atoms with E-state index >= 15 is 0 Å². The Morgan fingerprint density at radius 3 is 2.48 bits per heavy atom. The number of fused-ring (bicyclic) bond motifs is 2. The number of aryl methyl sites for hydroxylation is 2. The molecule has 1 amide bonds. The zero-order valence-corrected chi connectivity index (χ0v) is 25.0. The van der Waals surface area contributed by atoms with Gasteiger partial charge in [-0.1, -0.05) is 58.9 Å². The summed E-state index contributed by atoms with van der Waals surface area (Å²) >= 11 is 0. The molecule has 40 heavy (non-hydrogen) atoms. The average Bonchev–Trinajstić information content (AvgIpc) is 2.91. The number of amides is 1. The molecule has 9 heteroatoms. The third-order valence-corrected chi connectivity index (χ3v) is 9.89. The molecule has 8 nitrogen and oxygen atoms in total. The number of carbonyl (C=O) groups is 2. The van der Waals surface area contributed by atoms with Crippen molar-refractivity contribution in [3.8, 4) is 0 Å². The number of hydrogen-bond acceptors (Lipinski definition) is 6. The zero-order valence-electron chi connectivity index (χ0n) is 24.2. The van der Waals surface area contributed by atoms with Gasteiger partial charge in [0.05, 0.1) is 16.0 Å². The number of pyridine rings is 1. The fraction of sp³-hybridized carbons (Fsp3) is 0.452. The summed E-state index contributed by atoms with van der Waals surface area (Å²) in [5.74, 6) is -0.719. The second-order valence-corrected chi connectivity index (χ2v) is 13.4. The molecule has 0 saturated carbocycles. The molecule has 1 aliphatic rings. The number of nitrogens with one attached hydrogen (secondary N) is 1. The van der Waals surface area contributed by atoms with E-state index in [1.54, 1.807) is 26.8 Å². The Balaban J connectivity index is 1.56. The summed E-state index contributed by atoms with van der Waals surface area (Å²) in [5, 5.41) is 3.43. The lowest BCUT2D eigenvalue weighted by atomic mass is 9.70. The quantitative estimate of drug-likeness (QED) is 0.361. The van der Waals surface area contributed by atoms with E-state index in [-0.39, 0.29) is 10.3 Å². The average molecular weight is 566 g/mol. The number of rotatable bonds is 8. The molecule has 4 rings (SSSR count). The number of esters is 1. The van der Waals surface area contributed by atoms with Crippen LogP contribution in [0.25, 0.3) is 10.9 Å². The molecule has 1 N–H and O–H groups in total. The van der Waals surface area contributed by atoms with Crippen LogP contribution in [0.3, 0.4) is 0 Å². The van der Waals surface area contributed by atoms with E-state index in [2.05, 4.69) is 26.1 Å². The largest absolute Gasteiger partial charge is 0.452 e. The minimum atomic E-state index is -3.69. The van der Waals surface area contributed by atoms with E-state index in [1.807, 2.05) is 24.3 Å². The molecule has 0 saturated heterocycles. The van der Waals surface area contributed by atoms with E-state index in [0.717, 1.165) is 36.0 Å². The number of sulfonamides is 1. The molecule has 0 radical (unpaired) electrons. The van der Waals surface area contributed by atoms with Crippen LogP contribution in [0.1, 0.15) is 68.2 Å². The standard InChI is InChI=1S/C31H39N3O5S/c1-7-34(8-2)40(37,38)22-15-13-20(3)27(18-22)33-28(35)19-39-30(36)29-23-11-9-10-12-25(23)32-26-16-14-21(17-24(26)29)31(4,5)6/h9-13,15,18,21H,7-8,14,16-17,19H2,1-6H3,(H,33,35)/t21-/m1/s1. The van der Waals surface area contributed by atoms with E-state index in [1.165, 1.54) is 16.4 Å². The molecule has 1 atom stereocenters. The summed E-state index contributed by atoms with van der Waals surface area (Å²) in [6, 6.07) is 12.1. The lowest BCUT2D eigenvalue weighted by Crippen LogP contribution is -2.30. The van der Waals surface area contributed by atoms with Gasteiger partial charge in [0.1, 0.15) is 0 Å². The van der Waals surface area contributed by atoms with E-state index in [0.29, 0.717) is 41.2 Å². The van der Waals surface area contributed by atoms with Gasteiger partial charge in [0.25, 0.3) is 5.91 Å². The van der Waals surface area contributed by atoms with E-state index in [4.69, 9.17) is 9.72 Å². The van der Waals surface area contributed by atoms with Crippen LogP contribution < -0.4 is 5.32 Å². The SMILES string of the molecule is CCN(CC)S(=O)(=O)c1ccc(C)c(NC(=O)COC(=O)c2c3c(nc4ccccc24)CC[C@@H](C(C)(C)C)C3)c1. The number of hydrogen-bond donors (Lipinski definition) is 1. The maximum absolute atomic E-state index is 13.5. The Morgan fingerprint density at radius 2 is 1.80 bits per heavy atom. The van der Waals surface area contributed by atoms with Crippen molar-refractivity contribution in [1.29, 1.82) is 0 Å². The van der Waals surface area contributed by atoms with Gasteiger partial charge in [-0.25, -0.2) is 13.2 Å². The third-order valence-electron chi connectivity index (χ3n) is 7.85. The number of ether oxygens (including phenoxy) is 1. The van der Waals surface area contributed by atoms with Gasteiger partial charge in [-0.3, -0.25) is 9.78 Å². The molecule has 214 valence electrons. The minimum Gasteiger partial charge on any atom is -0.452 e. The molecule has 0 bridgehead atoms. The summed E-state index contributed by atoms with van der Waals surface area (Å²) in [6.07, 6.45) is 2.51. The fourth-order valence-electron chi connectivity index (χ4n) is 5.36. The molecule has 2 aromatic carbocycles.